The van der Waals surface area contributed by atoms with Crippen molar-refractivity contribution in [1.82, 2.24) is 0 Å². The Morgan fingerprint density at radius 2 is 1.68 bits per heavy atom. The van der Waals surface area contributed by atoms with E-state index in [-0.39, 0.29) is 15.6 Å². The highest BCUT2D eigenvalue weighted by Crippen LogP contribution is 2.25. The number of amides is 1. The van der Waals surface area contributed by atoms with E-state index >= 15 is 0 Å². The minimum absolute atomic E-state index is 0.0231. The predicted octanol–water partition coefficient (Wildman–Crippen LogP) is 4.26. The van der Waals surface area contributed by atoms with Crippen LogP contribution in [0.2, 0.25) is 5.02 Å². The van der Waals surface area contributed by atoms with Crippen LogP contribution in [0.1, 0.15) is 15.9 Å². The van der Waals surface area contributed by atoms with E-state index in [1.165, 1.54) is 42.5 Å². The molecule has 0 aliphatic rings. The number of halogens is 1. The summed E-state index contributed by atoms with van der Waals surface area (Å²) >= 11 is 6.00. The van der Waals surface area contributed by atoms with E-state index in [1.807, 2.05) is 6.07 Å². The van der Waals surface area contributed by atoms with Crippen molar-refractivity contribution in [3.05, 3.63) is 88.9 Å². The van der Waals surface area contributed by atoms with Crippen molar-refractivity contribution in [2.45, 2.75) is 4.90 Å². The summed E-state index contributed by atoms with van der Waals surface area (Å²) in [6.07, 6.45) is 0. The van der Waals surface area contributed by atoms with Gasteiger partial charge in [-0.3, -0.25) is 9.52 Å². The van der Waals surface area contributed by atoms with Crippen LogP contribution in [0.25, 0.3) is 0 Å². The number of hydrogen-bond acceptors (Lipinski definition) is 4. The summed E-state index contributed by atoms with van der Waals surface area (Å²) in [6, 6.07) is 20.4. The molecular formula is C20H14ClN3O3S. The van der Waals surface area contributed by atoms with Crippen LogP contribution in [-0.4, -0.2) is 14.3 Å². The molecule has 0 bridgehead atoms. The molecule has 0 fully saturated rings. The number of nitriles is 1. The summed E-state index contributed by atoms with van der Waals surface area (Å²) < 4.78 is 27.7. The molecule has 6 nitrogen and oxygen atoms in total. The minimum Gasteiger partial charge on any atom is -0.322 e. The van der Waals surface area contributed by atoms with Gasteiger partial charge in [0.2, 0.25) is 0 Å². The van der Waals surface area contributed by atoms with Gasteiger partial charge < -0.3 is 5.32 Å². The topological polar surface area (TPSA) is 99.1 Å². The van der Waals surface area contributed by atoms with Crippen LogP contribution in [0.4, 0.5) is 11.4 Å². The number of para-hydroxylation sites is 1. The number of nitrogens with zero attached hydrogens (tertiary/aromatic N) is 1. The fraction of sp³-hybridized carbons (Fsp3) is 0. The van der Waals surface area contributed by atoms with Gasteiger partial charge in [-0.05, 0) is 54.6 Å². The predicted molar refractivity (Wildman–Crippen MR) is 108 cm³/mol. The highest BCUT2D eigenvalue weighted by Gasteiger charge is 2.17. The second-order valence-corrected chi connectivity index (χ2v) is 7.85. The molecule has 0 unspecified atom stereocenters. The van der Waals surface area contributed by atoms with Gasteiger partial charge in [-0.25, -0.2) is 8.42 Å². The molecule has 3 aromatic rings. The maximum atomic E-state index is 12.6. The van der Waals surface area contributed by atoms with Crippen molar-refractivity contribution in [2.75, 3.05) is 10.0 Å². The molecule has 0 aliphatic heterocycles. The molecule has 0 saturated heterocycles. The molecular weight excluding hydrogens is 398 g/mol. The van der Waals surface area contributed by atoms with Crippen molar-refractivity contribution in [3.8, 4) is 6.07 Å². The number of carbonyl (C=O) groups is 1. The Morgan fingerprint density at radius 3 is 2.36 bits per heavy atom. The smallest absolute Gasteiger partial charge is 0.262 e. The lowest BCUT2D eigenvalue weighted by atomic mass is 10.1. The van der Waals surface area contributed by atoms with Gasteiger partial charge in [-0.1, -0.05) is 29.8 Å². The monoisotopic (exact) mass is 411 g/mol. The number of carbonyl (C=O) groups excluding carboxylic acids is 1. The van der Waals surface area contributed by atoms with E-state index in [9.17, 15) is 13.2 Å². The standard InChI is InChI=1S/C20H14ClN3O3S/c21-18-6-1-2-7-19(18)24-28(26,27)17-5-3-4-16(12-17)23-20(25)15-10-8-14(13-22)9-11-15/h1-12,24H,(H,23,25). The van der Waals surface area contributed by atoms with Crippen molar-refractivity contribution in [2.24, 2.45) is 0 Å². The van der Waals surface area contributed by atoms with Crippen LogP contribution in [0, 0.1) is 11.3 Å². The van der Waals surface area contributed by atoms with Crippen molar-refractivity contribution in [1.29, 1.82) is 5.26 Å². The van der Waals surface area contributed by atoms with Gasteiger partial charge in [0.05, 0.1) is 27.2 Å². The first-order valence-electron chi connectivity index (χ1n) is 8.08. The number of nitrogens with one attached hydrogen (secondary N) is 2. The number of hydrogen-bond donors (Lipinski definition) is 2. The normalized spacial score (nSPS) is 10.7. The Hall–Kier alpha value is -3.34. The lowest BCUT2D eigenvalue weighted by molar-refractivity contribution is 0.102. The lowest BCUT2D eigenvalue weighted by Crippen LogP contribution is -2.15. The van der Waals surface area contributed by atoms with Crippen molar-refractivity contribution in [3.63, 3.8) is 0 Å². The number of anilines is 2. The maximum Gasteiger partial charge on any atom is 0.262 e. The summed E-state index contributed by atoms with van der Waals surface area (Å²) in [7, 11) is -3.89. The molecule has 3 aromatic carbocycles. The molecule has 28 heavy (non-hydrogen) atoms. The van der Waals surface area contributed by atoms with E-state index in [0.29, 0.717) is 16.8 Å². The van der Waals surface area contributed by atoms with Gasteiger partial charge in [-0.15, -0.1) is 0 Å². The summed E-state index contributed by atoms with van der Waals surface area (Å²) in [4.78, 5) is 12.3. The van der Waals surface area contributed by atoms with Gasteiger partial charge in [0.15, 0.2) is 0 Å². The summed E-state index contributed by atoms with van der Waals surface area (Å²) in [6.45, 7) is 0. The zero-order chi connectivity index (χ0) is 20.1. The molecule has 0 radical (unpaired) electrons. The van der Waals surface area contributed by atoms with E-state index in [1.54, 1.807) is 30.3 Å². The summed E-state index contributed by atoms with van der Waals surface area (Å²) in [5, 5.41) is 11.7. The average Bonchev–Trinajstić information content (AvgIpc) is 2.70. The van der Waals surface area contributed by atoms with E-state index in [4.69, 9.17) is 16.9 Å². The van der Waals surface area contributed by atoms with Crippen molar-refractivity contribution < 1.29 is 13.2 Å². The third-order valence-corrected chi connectivity index (χ3v) is 5.49. The van der Waals surface area contributed by atoms with E-state index in [2.05, 4.69) is 10.0 Å². The van der Waals surface area contributed by atoms with Crippen LogP contribution in [0.5, 0.6) is 0 Å². The van der Waals surface area contributed by atoms with Crippen LogP contribution < -0.4 is 10.0 Å². The fourth-order valence-corrected chi connectivity index (χ4v) is 3.75. The van der Waals surface area contributed by atoms with Gasteiger partial charge in [-0.2, -0.15) is 5.26 Å². The second-order valence-electron chi connectivity index (χ2n) is 5.76. The number of sulfonamides is 1. The Labute approximate surface area is 167 Å². The average molecular weight is 412 g/mol. The largest absolute Gasteiger partial charge is 0.322 e. The van der Waals surface area contributed by atoms with Gasteiger partial charge in [0.25, 0.3) is 15.9 Å². The highest BCUT2D eigenvalue weighted by atomic mass is 35.5. The Morgan fingerprint density at radius 1 is 0.964 bits per heavy atom. The molecule has 0 saturated carbocycles. The Bertz CT molecular complexity index is 1170. The third kappa shape index (κ3) is 4.49. The molecule has 0 aromatic heterocycles. The molecule has 0 aliphatic carbocycles. The van der Waals surface area contributed by atoms with Gasteiger partial charge in [0, 0.05) is 11.3 Å². The minimum atomic E-state index is -3.89. The molecule has 2 N–H and O–H groups in total. The van der Waals surface area contributed by atoms with Crippen LogP contribution in [-0.2, 0) is 10.0 Å². The van der Waals surface area contributed by atoms with Crippen molar-refractivity contribution >= 4 is 38.9 Å². The lowest BCUT2D eigenvalue weighted by Gasteiger charge is -2.11. The second kappa shape index (κ2) is 8.13. The first-order valence-corrected chi connectivity index (χ1v) is 9.94. The van der Waals surface area contributed by atoms with E-state index < -0.39 is 15.9 Å². The zero-order valence-corrected chi connectivity index (χ0v) is 16.0. The van der Waals surface area contributed by atoms with Crippen LogP contribution in [0.3, 0.4) is 0 Å². The Balaban J connectivity index is 1.80. The molecule has 0 heterocycles. The maximum absolute atomic E-state index is 12.6. The number of rotatable bonds is 5. The zero-order valence-electron chi connectivity index (χ0n) is 14.4. The summed E-state index contributed by atoms with van der Waals surface area (Å²) in [5.41, 5.74) is 1.37. The third-order valence-electron chi connectivity index (χ3n) is 3.80. The molecule has 8 heteroatoms. The molecule has 3 rings (SSSR count). The van der Waals surface area contributed by atoms with Crippen LogP contribution in [0.15, 0.2) is 77.7 Å². The molecule has 1 amide bonds. The van der Waals surface area contributed by atoms with Crippen LogP contribution >= 0.6 is 11.6 Å². The SMILES string of the molecule is N#Cc1ccc(C(=O)Nc2cccc(S(=O)(=O)Nc3ccccc3Cl)c2)cc1. The van der Waals surface area contributed by atoms with Gasteiger partial charge in [0.1, 0.15) is 0 Å². The first kappa shape index (κ1) is 19.4. The fourth-order valence-electron chi connectivity index (χ4n) is 2.39. The van der Waals surface area contributed by atoms with E-state index in [0.717, 1.165) is 0 Å². The molecule has 140 valence electrons. The molecule has 0 spiro atoms. The Kier molecular flexibility index (Phi) is 5.64. The first-order chi connectivity index (χ1) is 13.4. The van der Waals surface area contributed by atoms with Gasteiger partial charge >= 0.3 is 0 Å². The quantitative estimate of drug-likeness (QED) is 0.655. The summed E-state index contributed by atoms with van der Waals surface area (Å²) in [5.74, 6) is -0.418. The number of benzene rings is 3. The highest BCUT2D eigenvalue weighted by molar-refractivity contribution is 7.92. The molecule has 0 atom stereocenters.